The largest absolute Gasteiger partial charge is 0.478 e. The number of likely N-dealkylation sites (tertiary alicyclic amines) is 1. The number of carbonyl (C=O) groups is 2. The van der Waals surface area contributed by atoms with E-state index in [1.165, 1.54) is 6.08 Å². The van der Waals surface area contributed by atoms with Crippen LogP contribution in [-0.4, -0.2) is 35.1 Å². The molecule has 0 radical (unpaired) electrons. The molecule has 106 valence electrons. The number of urea groups is 1. The van der Waals surface area contributed by atoms with Crippen LogP contribution in [0.1, 0.15) is 24.0 Å². The van der Waals surface area contributed by atoms with Crippen LogP contribution in [0.25, 0.3) is 6.08 Å². The second kappa shape index (κ2) is 6.75. The summed E-state index contributed by atoms with van der Waals surface area (Å²) in [5.41, 5.74) is 1.76. The van der Waals surface area contributed by atoms with Gasteiger partial charge in [-0.15, -0.1) is 0 Å². The molecule has 0 aromatic heterocycles. The molecule has 0 aliphatic carbocycles. The van der Waals surface area contributed by atoms with Crippen LogP contribution in [0, 0.1) is 0 Å². The maximum absolute atomic E-state index is 11.8. The zero-order valence-corrected chi connectivity index (χ0v) is 11.2. The predicted octanol–water partition coefficient (Wildman–Crippen LogP) is 2.09. The Labute approximate surface area is 117 Å². The van der Waals surface area contributed by atoms with Crippen molar-refractivity contribution in [1.82, 2.24) is 10.2 Å². The zero-order valence-electron chi connectivity index (χ0n) is 11.2. The summed E-state index contributed by atoms with van der Waals surface area (Å²) in [5, 5.41) is 11.5. The van der Waals surface area contributed by atoms with Crippen molar-refractivity contribution in [2.75, 3.05) is 13.1 Å². The van der Waals surface area contributed by atoms with Gasteiger partial charge in [-0.3, -0.25) is 0 Å². The lowest BCUT2D eigenvalue weighted by Crippen LogP contribution is -2.37. The lowest BCUT2D eigenvalue weighted by molar-refractivity contribution is -0.131. The van der Waals surface area contributed by atoms with Crippen LogP contribution >= 0.6 is 0 Å². The van der Waals surface area contributed by atoms with Crippen molar-refractivity contribution < 1.29 is 14.7 Å². The summed E-state index contributed by atoms with van der Waals surface area (Å²) in [6.45, 7) is 2.10. The van der Waals surface area contributed by atoms with Crippen molar-refractivity contribution in [3.8, 4) is 0 Å². The Kier molecular flexibility index (Phi) is 4.76. The predicted molar refractivity (Wildman–Crippen MR) is 76.2 cm³/mol. The highest BCUT2D eigenvalue weighted by Gasteiger charge is 2.16. The minimum absolute atomic E-state index is 0.0334. The van der Waals surface area contributed by atoms with E-state index in [0.717, 1.165) is 43.1 Å². The minimum Gasteiger partial charge on any atom is -0.478 e. The van der Waals surface area contributed by atoms with E-state index in [-0.39, 0.29) is 6.03 Å². The van der Waals surface area contributed by atoms with Crippen LogP contribution in [0.5, 0.6) is 0 Å². The van der Waals surface area contributed by atoms with Gasteiger partial charge in [-0.2, -0.15) is 0 Å². The second-order valence-electron chi connectivity index (χ2n) is 4.77. The molecular formula is C15H18N2O3. The number of carboxylic acids is 1. The number of nitrogens with one attached hydrogen (secondary N) is 1. The topological polar surface area (TPSA) is 69.6 Å². The molecule has 1 saturated heterocycles. The lowest BCUT2D eigenvalue weighted by Gasteiger charge is -2.16. The van der Waals surface area contributed by atoms with E-state index in [1.807, 2.05) is 29.2 Å². The molecule has 2 N–H and O–H groups in total. The third kappa shape index (κ3) is 4.12. The summed E-state index contributed by atoms with van der Waals surface area (Å²) in [5.74, 6) is -0.974. The first-order valence-electron chi connectivity index (χ1n) is 6.68. The molecule has 0 spiro atoms. The summed E-state index contributed by atoms with van der Waals surface area (Å²) >= 11 is 0. The van der Waals surface area contributed by atoms with E-state index in [4.69, 9.17) is 5.11 Å². The molecule has 1 aliphatic rings. The smallest absolute Gasteiger partial charge is 0.328 e. The third-order valence-corrected chi connectivity index (χ3v) is 3.21. The highest BCUT2D eigenvalue weighted by molar-refractivity contribution is 5.85. The molecule has 0 unspecified atom stereocenters. The maximum Gasteiger partial charge on any atom is 0.328 e. The second-order valence-corrected chi connectivity index (χ2v) is 4.77. The molecular weight excluding hydrogens is 256 g/mol. The van der Waals surface area contributed by atoms with E-state index < -0.39 is 5.97 Å². The van der Waals surface area contributed by atoms with E-state index >= 15 is 0 Å². The fourth-order valence-corrected chi connectivity index (χ4v) is 2.18. The number of carboxylic acid groups (broad SMARTS) is 1. The van der Waals surface area contributed by atoms with Gasteiger partial charge >= 0.3 is 12.0 Å². The van der Waals surface area contributed by atoms with Crippen LogP contribution in [-0.2, 0) is 11.3 Å². The van der Waals surface area contributed by atoms with Gasteiger partial charge in [-0.05, 0) is 36.1 Å². The summed E-state index contributed by atoms with van der Waals surface area (Å²) < 4.78 is 0. The van der Waals surface area contributed by atoms with Gasteiger partial charge in [0.05, 0.1) is 0 Å². The van der Waals surface area contributed by atoms with E-state index in [1.54, 1.807) is 0 Å². The van der Waals surface area contributed by atoms with Crippen molar-refractivity contribution >= 4 is 18.1 Å². The van der Waals surface area contributed by atoms with Crippen molar-refractivity contribution in [3.63, 3.8) is 0 Å². The normalized spacial score (nSPS) is 14.7. The molecule has 1 aromatic carbocycles. The maximum atomic E-state index is 11.8. The summed E-state index contributed by atoms with van der Waals surface area (Å²) in [4.78, 5) is 24.1. The molecule has 5 nitrogen and oxygen atoms in total. The van der Waals surface area contributed by atoms with Gasteiger partial charge in [0.2, 0.25) is 0 Å². The Morgan fingerprint density at radius 2 is 2.05 bits per heavy atom. The number of nitrogens with zero attached hydrogens (tertiary/aromatic N) is 1. The van der Waals surface area contributed by atoms with E-state index in [2.05, 4.69) is 5.32 Å². The van der Waals surface area contributed by atoms with Crippen LogP contribution < -0.4 is 5.32 Å². The molecule has 0 atom stereocenters. The number of hydrogen-bond acceptors (Lipinski definition) is 2. The van der Waals surface area contributed by atoms with Crippen molar-refractivity contribution in [2.24, 2.45) is 0 Å². The van der Waals surface area contributed by atoms with Crippen LogP contribution in [0.15, 0.2) is 30.3 Å². The number of benzene rings is 1. The Morgan fingerprint density at radius 3 is 2.75 bits per heavy atom. The SMILES string of the molecule is O=C(O)C=Cc1cccc(CNC(=O)N2CCCC2)c1. The molecule has 0 saturated carbocycles. The summed E-state index contributed by atoms with van der Waals surface area (Å²) in [6.07, 6.45) is 4.78. The molecule has 0 bridgehead atoms. The molecule has 1 aromatic rings. The Balaban J connectivity index is 1.90. The average Bonchev–Trinajstić information content (AvgIpc) is 2.97. The lowest BCUT2D eigenvalue weighted by atomic mass is 10.1. The van der Waals surface area contributed by atoms with Crippen LogP contribution in [0.2, 0.25) is 0 Å². The molecule has 1 aliphatic heterocycles. The van der Waals surface area contributed by atoms with Crippen molar-refractivity contribution in [1.29, 1.82) is 0 Å². The van der Waals surface area contributed by atoms with Crippen LogP contribution in [0.4, 0.5) is 4.79 Å². The molecule has 1 heterocycles. The van der Waals surface area contributed by atoms with Gasteiger partial charge in [-0.25, -0.2) is 9.59 Å². The summed E-state index contributed by atoms with van der Waals surface area (Å²) in [6, 6.07) is 7.41. The van der Waals surface area contributed by atoms with Gasteiger partial charge in [-0.1, -0.05) is 18.2 Å². The van der Waals surface area contributed by atoms with Gasteiger partial charge in [0.1, 0.15) is 0 Å². The fraction of sp³-hybridized carbons (Fsp3) is 0.333. The highest BCUT2D eigenvalue weighted by atomic mass is 16.4. The summed E-state index contributed by atoms with van der Waals surface area (Å²) in [7, 11) is 0. The van der Waals surface area contributed by atoms with Crippen LogP contribution in [0.3, 0.4) is 0 Å². The number of hydrogen-bond donors (Lipinski definition) is 2. The van der Waals surface area contributed by atoms with Crippen molar-refractivity contribution in [3.05, 3.63) is 41.5 Å². The number of carbonyl (C=O) groups excluding carboxylic acids is 1. The van der Waals surface area contributed by atoms with E-state index in [9.17, 15) is 9.59 Å². The van der Waals surface area contributed by atoms with E-state index in [0.29, 0.717) is 6.54 Å². The van der Waals surface area contributed by atoms with Crippen molar-refractivity contribution in [2.45, 2.75) is 19.4 Å². The zero-order chi connectivity index (χ0) is 14.4. The molecule has 1 fully saturated rings. The monoisotopic (exact) mass is 274 g/mol. The van der Waals surface area contributed by atoms with Gasteiger partial charge in [0.15, 0.2) is 0 Å². The fourth-order valence-electron chi connectivity index (χ4n) is 2.18. The van der Waals surface area contributed by atoms with Gasteiger partial charge in [0, 0.05) is 25.7 Å². The number of amides is 2. The Morgan fingerprint density at radius 1 is 1.30 bits per heavy atom. The molecule has 2 amide bonds. The first-order valence-corrected chi connectivity index (χ1v) is 6.68. The average molecular weight is 274 g/mol. The molecule has 2 rings (SSSR count). The molecule has 20 heavy (non-hydrogen) atoms. The minimum atomic E-state index is -0.974. The highest BCUT2D eigenvalue weighted by Crippen LogP contribution is 2.09. The standard InChI is InChI=1S/C15H18N2O3/c18-14(19)7-6-12-4-3-5-13(10-12)11-16-15(20)17-8-1-2-9-17/h3-7,10H,1-2,8-9,11H2,(H,16,20)(H,18,19). The Bertz CT molecular complexity index is 520. The van der Waals surface area contributed by atoms with Gasteiger partial charge in [0.25, 0.3) is 0 Å². The third-order valence-electron chi connectivity index (χ3n) is 3.21. The first kappa shape index (κ1) is 14.1. The molecule has 5 heteroatoms. The number of aliphatic carboxylic acids is 1. The number of rotatable bonds is 4. The Hall–Kier alpha value is -2.30. The first-order chi connectivity index (χ1) is 9.65. The quantitative estimate of drug-likeness (QED) is 0.826. The van der Waals surface area contributed by atoms with Gasteiger partial charge < -0.3 is 15.3 Å².